The topological polar surface area (TPSA) is 41.5 Å². The van der Waals surface area contributed by atoms with Crippen molar-refractivity contribution in [2.45, 2.75) is 46.3 Å². The molecule has 19 heavy (non-hydrogen) atoms. The zero-order chi connectivity index (χ0) is 13.8. The summed E-state index contributed by atoms with van der Waals surface area (Å²) < 4.78 is 5.60. The number of rotatable bonds is 5. The second-order valence-corrected chi connectivity index (χ2v) is 5.92. The molecular formula is C15H26ClNO2. The lowest BCUT2D eigenvalue weighted by Gasteiger charge is -2.23. The van der Waals surface area contributed by atoms with Crippen LogP contribution < -0.4 is 10.1 Å². The van der Waals surface area contributed by atoms with Crippen molar-refractivity contribution in [1.29, 1.82) is 0 Å². The lowest BCUT2D eigenvalue weighted by atomic mass is 10.1. The first kappa shape index (κ1) is 18.2. The molecule has 1 aromatic carbocycles. The van der Waals surface area contributed by atoms with E-state index in [4.69, 9.17) is 4.74 Å². The van der Waals surface area contributed by atoms with Crippen LogP contribution in [0.2, 0.25) is 0 Å². The van der Waals surface area contributed by atoms with E-state index in [2.05, 4.69) is 32.2 Å². The van der Waals surface area contributed by atoms with Crippen LogP contribution in [0.1, 0.15) is 31.9 Å². The molecule has 0 bridgehead atoms. The number of aliphatic hydroxyl groups excluding tert-OH is 1. The largest absolute Gasteiger partial charge is 0.491 e. The van der Waals surface area contributed by atoms with Gasteiger partial charge in [-0.25, -0.2) is 0 Å². The van der Waals surface area contributed by atoms with E-state index in [0.29, 0.717) is 13.2 Å². The number of ether oxygens (including phenoxy) is 1. The molecule has 1 aromatic rings. The second kappa shape index (κ2) is 7.73. The minimum absolute atomic E-state index is 0. The van der Waals surface area contributed by atoms with E-state index in [0.717, 1.165) is 5.75 Å². The third-order valence-corrected chi connectivity index (χ3v) is 2.51. The maximum Gasteiger partial charge on any atom is 0.119 e. The van der Waals surface area contributed by atoms with Crippen LogP contribution >= 0.6 is 12.4 Å². The number of benzene rings is 1. The minimum Gasteiger partial charge on any atom is -0.491 e. The van der Waals surface area contributed by atoms with Gasteiger partial charge in [-0.2, -0.15) is 0 Å². The lowest BCUT2D eigenvalue weighted by Crippen LogP contribution is -2.42. The van der Waals surface area contributed by atoms with Gasteiger partial charge in [0.1, 0.15) is 18.5 Å². The summed E-state index contributed by atoms with van der Waals surface area (Å²) in [5, 5.41) is 13.1. The van der Waals surface area contributed by atoms with Gasteiger partial charge in [0.2, 0.25) is 0 Å². The normalized spacial score (nSPS) is 12.7. The van der Waals surface area contributed by atoms with Crippen molar-refractivity contribution in [2.75, 3.05) is 13.2 Å². The molecule has 1 atom stereocenters. The molecule has 1 unspecified atom stereocenters. The number of nitrogens with one attached hydrogen (secondary N) is 1. The molecule has 0 amide bonds. The fraction of sp³-hybridized carbons (Fsp3) is 0.600. The number of hydrogen-bond acceptors (Lipinski definition) is 3. The van der Waals surface area contributed by atoms with Crippen molar-refractivity contribution in [3.05, 3.63) is 29.3 Å². The van der Waals surface area contributed by atoms with Crippen LogP contribution in [0.15, 0.2) is 18.2 Å². The Balaban J connectivity index is 0.00000324. The molecule has 0 heterocycles. The van der Waals surface area contributed by atoms with E-state index < -0.39 is 6.10 Å². The molecule has 0 aliphatic heterocycles. The Morgan fingerprint density at radius 3 is 2.16 bits per heavy atom. The first-order chi connectivity index (χ1) is 8.26. The van der Waals surface area contributed by atoms with Gasteiger partial charge in [0.15, 0.2) is 0 Å². The Morgan fingerprint density at radius 1 is 1.16 bits per heavy atom. The molecule has 110 valence electrons. The van der Waals surface area contributed by atoms with Gasteiger partial charge in [-0.15, -0.1) is 12.4 Å². The molecule has 4 heteroatoms. The predicted octanol–water partition coefficient (Wildman–Crippen LogP) is 2.85. The summed E-state index contributed by atoms with van der Waals surface area (Å²) in [5.74, 6) is 0.822. The molecule has 0 saturated heterocycles. The Bertz CT molecular complexity index is 368. The summed E-state index contributed by atoms with van der Waals surface area (Å²) in [5.41, 5.74) is 2.36. The van der Waals surface area contributed by atoms with Crippen molar-refractivity contribution in [2.24, 2.45) is 0 Å². The first-order valence-corrected chi connectivity index (χ1v) is 6.40. The van der Waals surface area contributed by atoms with Crippen molar-refractivity contribution >= 4 is 12.4 Å². The fourth-order valence-corrected chi connectivity index (χ4v) is 1.69. The van der Waals surface area contributed by atoms with Gasteiger partial charge in [0.25, 0.3) is 0 Å². The van der Waals surface area contributed by atoms with Crippen LogP contribution in [0.5, 0.6) is 5.75 Å². The van der Waals surface area contributed by atoms with E-state index in [1.54, 1.807) is 0 Å². The molecule has 0 fully saturated rings. The molecule has 0 aliphatic carbocycles. The van der Waals surface area contributed by atoms with Crippen molar-refractivity contribution < 1.29 is 9.84 Å². The van der Waals surface area contributed by atoms with Gasteiger partial charge in [-0.3, -0.25) is 0 Å². The third-order valence-electron chi connectivity index (χ3n) is 2.51. The number of hydrogen-bond donors (Lipinski definition) is 2. The lowest BCUT2D eigenvalue weighted by molar-refractivity contribution is 0.1000. The zero-order valence-electron chi connectivity index (χ0n) is 12.5. The number of aryl methyl sites for hydroxylation is 2. The summed E-state index contributed by atoms with van der Waals surface area (Å²) in [6.45, 7) is 11.1. The predicted molar refractivity (Wildman–Crippen MR) is 82.4 cm³/mol. The molecule has 0 radical (unpaired) electrons. The Hall–Kier alpha value is -0.770. The van der Waals surface area contributed by atoms with E-state index in [1.807, 2.05) is 26.0 Å². The standard InChI is InChI=1S/C15H25NO2.ClH/c1-11-6-12(2)8-14(7-11)18-10-13(17)9-16-15(3,4)5;/h6-8,13,16-17H,9-10H2,1-5H3;1H. The van der Waals surface area contributed by atoms with Crippen LogP contribution in [0.3, 0.4) is 0 Å². The SMILES string of the molecule is Cc1cc(C)cc(OCC(O)CNC(C)(C)C)c1.Cl. The summed E-state index contributed by atoms with van der Waals surface area (Å²) in [6.07, 6.45) is -0.495. The van der Waals surface area contributed by atoms with E-state index in [-0.39, 0.29) is 17.9 Å². The number of β-amino-alcohol motifs (C(OH)–C–C–N with tert-alkyl or cyclic N) is 1. The molecule has 0 spiro atoms. The van der Waals surface area contributed by atoms with E-state index in [1.165, 1.54) is 11.1 Å². The maximum atomic E-state index is 9.82. The number of aliphatic hydroxyl groups is 1. The molecule has 0 aromatic heterocycles. The second-order valence-electron chi connectivity index (χ2n) is 5.92. The molecule has 2 N–H and O–H groups in total. The van der Waals surface area contributed by atoms with Crippen LogP contribution in [0, 0.1) is 13.8 Å². The summed E-state index contributed by atoms with van der Waals surface area (Å²) in [6, 6.07) is 6.07. The number of halogens is 1. The first-order valence-electron chi connectivity index (χ1n) is 6.40. The van der Waals surface area contributed by atoms with Crippen LogP contribution in [0.4, 0.5) is 0 Å². The molecule has 1 rings (SSSR count). The highest BCUT2D eigenvalue weighted by molar-refractivity contribution is 5.85. The van der Waals surface area contributed by atoms with Crippen molar-refractivity contribution in [1.82, 2.24) is 5.32 Å². The minimum atomic E-state index is -0.495. The Morgan fingerprint density at radius 2 is 1.68 bits per heavy atom. The zero-order valence-corrected chi connectivity index (χ0v) is 13.3. The van der Waals surface area contributed by atoms with Gasteiger partial charge >= 0.3 is 0 Å². The van der Waals surface area contributed by atoms with E-state index >= 15 is 0 Å². The van der Waals surface area contributed by atoms with Gasteiger partial charge in [-0.05, 0) is 57.9 Å². The van der Waals surface area contributed by atoms with E-state index in [9.17, 15) is 5.11 Å². The Kier molecular flexibility index (Phi) is 7.42. The van der Waals surface area contributed by atoms with Crippen molar-refractivity contribution in [3.8, 4) is 5.75 Å². The van der Waals surface area contributed by atoms with Crippen LogP contribution in [-0.2, 0) is 0 Å². The fourth-order valence-electron chi connectivity index (χ4n) is 1.69. The average molecular weight is 288 g/mol. The van der Waals surface area contributed by atoms with Crippen LogP contribution in [0.25, 0.3) is 0 Å². The smallest absolute Gasteiger partial charge is 0.119 e. The quantitative estimate of drug-likeness (QED) is 0.875. The molecule has 0 saturated carbocycles. The summed E-state index contributed by atoms with van der Waals surface area (Å²) >= 11 is 0. The molecule has 0 aliphatic rings. The third kappa shape index (κ3) is 8.09. The van der Waals surface area contributed by atoms with Gasteiger partial charge in [0, 0.05) is 12.1 Å². The van der Waals surface area contributed by atoms with Gasteiger partial charge < -0.3 is 15.2 Å². The highest BCUT2D eigenvalue weighted by Crippen LogP contribution is 2.16. The Labute approximate surface area is 122 Å². The maximum absolute atomic E-state index is 9.82. The summed E-state index contributed by atoms with van der Waals surface area (Å²) in [7, 11) is 0. The monoisotopic (exact) mass is 287 g/mol. The van der Waals surface area contributed by atoms with Gasteiger partial charge in [-0.1, -0.05) is 6.07 Å². The highest BCUT2D eigenvalue weighted by atomic mass is 35.5. The average Bonchev–Trinajstić information content (AvgIpc) is 2.21. The summed E-state index contributed by atoms with van der Waals surface area (Å²) in [4.78, 5) is 0. The van der Waals surface area contributed by atoms with Crippen molar-refractivity contribution in [3.63, 3.8) is 0 Å². The molecule has 3 nitrogen and oxygen atoms in total. The highest BCUT2D eigenvalue weighted by Gasteiger charge is 2.12. The van der Waals surface area contributed by atoms with Gasteiger partial charge in [0.05, 0.1) is 0 Å². The van der Waals surface area contributed by atoms with Crippen LogP contribution in [-0.4, -0.2) is 29.9 Å². The molecular weight excluding hydrogens is 262 g/mol.